The van der Waals surface area contributed by atoms with Crippen molar-refractivity contribution < 1.29 is 5.11 Å². The fourth-order valence-corrected chi connectivity index (χ4v) is 7.99. The predicted octanol–water partition coefficient (Wildman–Crippen LogP) is 4.07. The van der Waals surface area contributed by atoms with Gasteiger partial charge in [0, 0.05) is 42.2 Å². The summed E-state index contributed by atoms with van der Waals surface area (Å²) in [7, 11) is 0. The average Bonchev–Trinajstić information content (AvgIpc) is 3.48. The summed E-state index contributed by atoms with van der Waals surface area (Å²) in [4.78, 5) is 12.0. The van der Waals surface area contributed by atoms with E-state index in [1.807, 2.05) is 15.9 Å². The van der Waals surface area contributed by atoms with Crippen molar-refractivity contribution in [2.45, 2.75) is 51.7 Å². The van der Waals surface area contributed by atoms with E-state index >= 15 is 0 Å². The van der Waals surface area contributed by atoms with Crippen molar-refractivity contribution in [1.29, 1.82) is 0 Å². The third-order valence-electron chi connectivity index (χ3n) is 7.63. The van der Waals surface area contributed by atoms with Crippen LogP contribution in [0.3, 0.4) is 0 Å². The zero-order chi connectivity index (χ0) is 22.9. The van der Waals surface area contributed by atoms with Crippen molar-refractivity contribution in [3.63, 3.8) is 0 Å². The van der Waals surface area contributed by atoms with E-state index in [9.17, 15) is 5.11 Å². The molecule has 174 valence electrons. The van der Waals surface area contributed by atoms with Gasteiger partial charge in [0.1, 0.15) is 12.6 Å². The number of aliphatic hydroxyl groups is 1. The van der Waals surface area contributed by atoms with Gasteiger partial charge in [0.2, 0.25) is 0 Å². The van der Waals surface area contributed by atoms with E-state index < -0.39 is 6.23 Å². The molecule has 3 atom stereocenters. The molecule has 0 spiro atoms. The summed E-state index contributed by atoms with van der Waals surface area (Å²) in [5.41, 5.74) is 12.7. The van der Waals surface area contributed by atoms with E-state index in [-0.39, 0.29) is 0 Å². The number of β-amino-alcohol motifs (C(OH)–C–C–N with tert-alkyl or cyclic N) is 1. The van der Waals surface area contributed by atoms with Crippen LogP contribution in [0, 0.1) is 18.8 Å². The van der Waals surface area contributed by atoms with Crippen molar-refractivity contribution in [3.05, 3.63) is 40.7 Å². The van der Waals surface area contributed by atoms with Gasteiger partial charge in [-0.05, 0) is 60.8 Å². The van der Waals surface area contributed by atoms with Gasteiger partial charge in [-0.3, -0.25) is 4.90 Å². The maximum absolute atomic E-state index is 9.64. The van der Waals surface area contributed by atoms with E-state index in [2.05, 4.69) is 59.1 Å². The Labute approximate surface area is 197 Å². The number of rotatable bonds is 5. The van der Waals surface area contributed by atoms with Gasteiger partial charge >= 0.3 is 0 Å². The molecule has 7 nitrogen and oxygen atoms in total. The number of pyridine rings is 1. The Kier molecular flexibility index (Phi) is 5.10. The minimum Gasteiger partial charge on any atom is -0.377 e. The first kappa shape index (κ1) is 21.3. The molecule has 33 heavy (non-hydrogen) atoms. The SMILES string of the molecule is Cc1cc(-c2[nH]c3cc(C4C5CCC4CN(CC(N)O)C5)sc3c2C(C)C)cn2ncnc12. The van der Waals surface area contributed by atoms with Gasteiger partial charge < -0.3 is 15.8 Å². The van der Waals surface area contributed by atoms with Crippen LogP contribution in [0.2, 0.25) is 0 Å². The molecule has 1 aliphatic carbocycles. The van der Waals surface area contributed by atoms with Crippen LogP contribution < -0.4 is 5.73 Å². The molecule has 2 bridgehead atoms. The number of aliphatic hydroxyl groups excluding tert-OH is 1. The third kappa shape index (κ3) is 3.51. The van der Waals surface area contributed by atoms with Crippen molar-refractivity contribution >= 4 is 27.2 Å². The molecule has 1 saturated carbocycles. The molecule has 0 aromatic carbocycles. The van der Waals surface area contributed by atoms with Crippen LogP contribution in [0.4, 0.5) is 0 Å². The van der Waals surface area contributed by atoms with Gasteiger partial charge in [-0.15, -0.1) is 11.3 Å². The molecule has 6 rings (SSSR count). The molecule has 4 aromatic rings. The zero-order valence-electron chi connectivity index (χ0n) is 19.5. The van der Waals surface area contributed by atoms with Gasteiger partial charge in [-0.25, -0.2) is 9.50 Å². The van der Waals surface area contributed by atoms with Crippen LogP contribution in [0.15, 0.2) is 24.7 Å². The van der Waals surface area contributed by atoms with E-state index in [1.54, 1.807) is 6.33 Å². The molecule has 1 aliphatic heterocycles. The Bertz CT molecular complexity index is 1300. The molecule has 8 heteroatoms. The minimum absolute atomic E-state index is 0.414. The number of aromatic amines is 1. The fraction of sp³-hybridized carbons (Fsp3) is 0.520. The number of hydrogen-bond acceptors (Lipinski definition) is 6. The van der Waals surface area contributed by atoms with Crippen LogP contribution in [-0.4, -0.2) is 55.5 Å². The molecule has 3 unspecified atom stereocenters. The highest BCUT2D eigenvalue weighted by atomic mass is 32.1. The van der Waals surface area contributed by atoms with Crippen LogP contribution >= 0.6 is 11.3 Å². The highest BCUT2D eigenvalue weighted by Crippen LogP contribution is 2.52. The average molecular weight is 465 g/mol. The number of piperidine rings is 1. The van der Waals surface area contributed by atoms with E-state index in [1.165, 1.54) is 39.2 Å². The van der Waals surface area contributed by atoms with Gasteiger partial charge in [-0.2, -0.15) is 5.10 Å². The molecule has 2 aliphatic rings. The van der Waals surface area contributed by atoms with Crippen molar-refractivity contribution in [3.8, 4) is 11.3 Å². The largest absolute Gasteiger partial charge is 0.377 e. The lowest BCUT2D eigenvalue weighted by atomic mass is 9.84. The Morgan fingerprint density at radius 3 is 2.70 bits per heavy atom. The van der Waals surface area contributed by atoms with E-state index in [4.69, 9.17) is 5.73 Å². The summed E-state index contributed by atoms with van der Waals surface area (Å²) in [6.07, 6.45) is 5.51. The van der Waals surface area contributed by atoms with Gasteiger partial charge in [-0.1, -0.05) is 13.8 Å². The van der Waals surface area contributed by atoms with E-state index in [0.29, 0.717) is 30.2 Å². The predicted molar refractivity (Wildman–Crippen MR) is 133 cm³/mol. The fourth-order valence-electron chi connectivity index (χ4n) is 6.39. The Morgan fingerprint density at radius 2 is 2.00 bits per heavy atom. The van der Waals surface area contributed by atoms with Gasteiger partial charge in [0.05, 0.1) is 15.9 Å². The number of fused-ring (bicyclic) bond motifs is 4. The van der Waals surface area contributed by atoms with Crippen molar-refractivity contribution in [2.75, 3.05) is 19.6 Å². The van der Waals surface area contributed by atoms with Crippen LogP contribution in [0.25, 0.3) is 27.1 Å². The zero-order valence-corrected chi connectivity index (χ0v) is 20.3. The summed E-state index contributed by atoms with van der Waals surface area (Å²) in [5, 5.41) is 14.0. The van der Waals surface area contributed by atoms with Crippen molar-refractivity contribution in [1.82, 2.24) is 24.5 Å². The number of thiophene rings is 1. The smallest absolute Gasteiger partial charge is 0.158 e. The highest BCUT2D eigenvalue weighted by Gasteiger charge is 2.43. The number of nitrogens with two attached hydrogens (primary N) is 1. The number of hydrogen-bond donors (Lipinski definition) is 3. The molecule has 1 saturated heterocycles. The van der Waals surface area contributed by atoms with Crippen LogP contribution in [0.1, 0.15) is 54.5 Å². The number of nitrogens with zero attached hydrogens (tertiary/aromatic N) is 4. The monoisotopic (exact) mass is 464 g/mol. The second kappa shape index (κ2) is 7.91. The number of nitrogens with one attached hydrogen (secondary N) is 1. The number of H-pyrrole nitrogens is 1. The van der Waals surface area contributed by atoms with Gasteiger partial charge in [0.25, 0.3) is 0 Å². The maximum Gasteiger partial charge on any atom is 0.158 e. The Morgan fingerprint density at radius 1 is 1.24 bits per heavy atom. The van der Waals surface area contributed by atoms with Crippen LogP contribution in [-0.2, 0) is 0 Å². The lowest BCUT2D eigenvalue weighted by Gasteiger charge is -2.38. The summed E-state index contributed by atoms with van der Waals surface area (Å²) in [5.74, 6) is 2.35. The van der Waals surface area contributed by atoms with Crippen molar-refractivity contribution in [2.24, 2.45) is 17.6 Å². The van der Waals surface area contributed by atoms with Gasteiger partial charge in [0.15, 0.2) is 5.65 Å². The second-order valence-electron chi connectivity index (χ2n) is 10.3. The summed E-state index contributed by atoms with van der Waals surface area (Å²) < 4.78 is 3.27. The maximum atomic E-state index is 9.64. The summed E-state index contributed by atoms with van der Waals surface area (Å²) in [6, 6.07) is 4.63. The first-order chi connectivity index (χ1) is 15.9. The molecule has 4 aromatic heterocycles. The Balaban J connectivity index is 1.38. The standard InChI is InChI=1S/C25H32N6OS/c1-13(2)21-23(17-6-14(3)25-27-12-28-31(25)10-17)29-18-7-19(33-24(18)21)22-15-4-5-16(22)9-30(8-15)11-20(26)32/h6-7,10,12-13,15-16,20,22,29,32H,4-5,8-9,11,26H2,1-3H3. The molecular formula is C25H32N6OS. The molecule has 0 radical (unpaired) electrons. The first-order valence-corrected chi connectivity index (χ1v) is 12.8. The lowest BCUT2D eigenvalue weighted by molar-refractivity contribution is 0.0764. The normalized spacial score (nSPS) is 24.5. The third-order valence-corrected chi connectivity index (χ3v) is 8.90. The molecular weight excluding hydrogens is 432 g/mol. The lowest BCUT2D eigenvalue weighted by Crippen LogP contribution is -2.46. The minimum atomic E-state index is -0.742. The first-order valence-electron chi connectivity index (χ1n) is 12.0. The second-order valence-corrected chi connectivity index (χ2v) is 11.4. The topological polar surface area (TPSA) is 95.5 Å². The number of aryl methyl sites for hydroxylation is 1. The number of likely N-dealkylation sites (tertiary alicyclic amines) is 1. The van der Waals surface area contributed by atoms with E-state index in [0.717, 1.165) is 29.9 Å². The van der Waals surface area contributed by atoms with Crippen LogP contribution in [0.5, 0.6) is 0 Å². The Hall–Kier alpha value is -2.26. The molecule has 5 heterocycles. The highest BCUT2D eigenvalue weighted by molar-refractivity contribution is 7.19. The molecule has 4 N–H and O–H groups in total. The summed E-state index contributed by atoms with van der Waals surface area (Å²) >= 11 is 1.99. The summed E-state index contributed by atoms with van der Waals surface area (Å²) in [6.45, 7) is 9.33. The molecule has 2 fully saturated rings. The quantitative estimate of drug-likeness (QED) is 0.387. The molecule has 0 amide bonds. The number of aromatic nitrogens is 4.